The van der Waals surface area contributed by atoms with Gasteiger partial charge in [0, 0.05) is 13.2 Å². The Morgan fingerprint density at radius 1 is 1.61 bits per heavy atom. The molecule has 1 aliphatic heterocycles. The van der Waals surface area contributed by atoms with Crippen molar-refractivity contribution >= 4 is 22.4 Å². The topological polar surface area (TPSA) is 76.1 Å². The van der Waals surface area contributed by atoms with Gasteiger partial charge in [-0.1, -0.05) is 11.3 Å². The van der Waals surface area contributed by atoms with Crippen molar-refractivity contribution in [2.75, 3.05) is 18.5 Å². The number of hydrogen-bond acceptors (Lipinski definition) is 6. The van der Waals surface area contributed by atoms with Crippen LogP contribution in [0.4, 0.5) is 5.13 Å². The minimum atomic E-state index is -0.318. The first kappa shape index (κ1) is 13.2. The maximum atomic E-state index is 12.1. The van der Waals surface area contributed by atoms with E-state index in [2.05, 4.69) is 20.8 Å². The Hall–Kier alpha value is -1.21. The third-order valence-electron chi connectivity index (χ3n) is 3.23. The Labute approximate surface area is 110 Å². The van der Waals surface area contributed by atoms with Gasteiger partial charge in [-0.3, -0.25) is 4.79 Å². The Kier molecular flexibility index (Phi) is 3.82. The maximum Gasteiger partial charge on any atom is 0.282 e. The highest BCUT2D eigenvalue weighted by Crippen LogP contribution is 2.26. The minimum absolute atomic E-state index is 0.0163. The number of amides is 1. The summed E-state index contributed by atoms with van der Waals surface area (Å²) in [5.41, 5.74) is -0.318. The zero-order valence-electron chi connectivity index (χ0n) is 10.8. The number of anilines is 1. The average molecular weight is 270 g/mol. The molecule has 0 spiro atoms. The lowest BCUT2D eigenvalue weighted by Gasteiger charge is -2.28. The van der Waals surface area contributed by atoms with E-state index in [-0.39, 0.29) is 17.6 Å². The van der Waals surface area contributed by atoms with Crippen LogP contribution in [0.1, 0.15) is 37.0 Å². The molecule has 6 nitrogen and oxygen atoms in total. The standard InChI is InChI=1S/C11H18N4O2S/c1-4-12-10-15-14-9(18-10)8(16)13-11(3)5-6-17-7(11)2/h7H,4-6H2,1-3H3,(H,12,15)(H,13,16). The van der Waals surface area contributed by atoms with Gasteiger partial charge in [-0.25, -0.2) is 0 Å². The molecule has 1 aromatic heterocycles. The van der Waals surface area contributed by atoms with Crippen LogP contribution in [-0.2, 0) is 4.74 Å². The summed E-state index contributed by atoms with van der Waals surface area (Å²) in [6.45, 7) is 7.38. The molecule has 18 heavy (non-hydrogen) atoms. The fraction of sp³-hybridized carbons (Fsp3) is 0.727. The van der Waals surface area contributed by atoms with Crippen molar-refractivity contribution in [3.63, 3.8) is 0 Å². The molecule has 0 aromatic carbocycles. The highest BCUT2D eigenvalue weighted by atomic mass is 32.1. The molecule has 0 aliphatic carbocycles. The van der Waals surface area contributed by atoms with Crippen molar-refractivity contribution in [2.45, 2.75) is 38.8 Å². The van der Waals surface area contributed by atoms with E-state index in [0.717, 1.165) is 13.0 Å². The van der Waals surface area contributed by atoms with Crippen LogP contribution < -0.4 is 10.6 Å². The predicted octanol–water partition coefficient (Wildman–Crippen LogP) is 1.27. The summed E-state index contributed by atoms with van der Waals surface area (Å²) in [6, 6.07) is 0. The molecule has 100 valence electrons. The van der Waals surface area contributed by atoms with Gasteiger partial charge >= 0.3 is 0 Å². The zero-order chi connectivity index (χ0) is 13.2. The van der Waals surface area contributed by atoms with Crippen molar-refractivity contribution < 1.29 is 9.53 Å². The number of nitrogens with zero attached hydrogens (tertiary/aromatic N) is 2. The number of carbonyl (C=O) groups is 1. The van der Waals surface area contributed by atoms with Gasteiger partial charge in [-0.2, -0.15) is 0 Å². The number of nitrogens with one attached hydrogen (secondary N) is 2. The molecule has 1 fully saturated rings. The summed E-state index contributed by atoms with van der Waals surface area (Å²) < 4.78 is 5.49. The van der Waals surface area contributed by atoms with Crippen LogP contribution in [0.5, 0.6) is 0 Å². The third kappa shape index (κ3) is 2.62. The van der Waals surface area contributed by atoms with Gasteiger partial charge in [0.2, 0.25) is 10.1 Å². The van der Waals surface area contributed by atoms with Gasteiger partial charge < -0.3 is 15.4 Å². The van der Waals surface area contributed by atoms with E-state index in [1.807, 2.05) is 20.8 Å². The molecule has 7 heteroatoms. The van der Waals surface area contributed by atoms with Crippen LogP contribution in [0.2, 0.25) is 0 Å². The van der Waals surface area contributed by atoms with Gasteiger partial charge in [0.05, 0.1) is 11.6 Å². The number of carbonyl (C=O) groups excluding carboxylic acids is 1. The molecule has 0 radical (unpaired) electrons. The van der Waals surface area contributed by atoms with Gasteiger partial charge in [0.15, 0.2) is 0 Å². The predicted molar refractivity (Wildman–Crippen MR) is 70.0 cm³/mol. The first-order valence-electron chi connectivity index (χ1n) is 6.06. The zero-order valence-corrected chi connectivity index (χ0v) is 11.6. The lowest BCUT2D eigenvalue weighted by molar-refractivity contribution is 0.0726. The first-order chi connectivity index (χ1) is 8.55. The summed E-state index contributed by atoms with van der Waals surface area (Å²) >= 11 is 1.26. The van der Waals surface area contributed by atoms with Gasteiger partial charge in [0.25, 0.3) is 5.91 Å². The molecular formula is C11H18N4O2S. The fourth-order valence-electron chi connectivity index (χ4n) is 1.85. The van der Waals surface area contributed by atoms with Gasteiger partial charge in [-0.15, -0.1) is 10.2 Å². The summed E-state index contributed by atoms with van der Waals surface area (Å²) in [5, 5.41) is 14.9. The minimum Gasteiger partial charge on any atom is -0.376 e. The molecule has 1 amide bonds. The lowest BCUT2D eigenvalue weighted by atomic mass is 9.95. The summed E-state index contributed by atoms with van der Waals surface area (Å²) in [4.78, 5) is 12.1. The summed E-state index contributed by atoms with van der Waals surface area (Å²) in [6.07, 6.45) is 0.835. The SMILES string of the molecule is CCNc1nnc(C(=O)NC2(C)CCOC2C)s1. The Balaban J connectivity index is 2.02. The van der Waals surface area contributed by atoms with E-state index in [0.29, 0.717) is 16.7 Å². The van der Waals surface area contributed by atoms with Gasteiger partial charge in [0.1, 0.15) is 0 Å². The smallest absolute Gasteiger partial charge is 0.282 e. The molecule has 2 N–H and O–H groups in total. The molecular weight excluding hydrogens is 252 g/mol. The summed E-state index contributed by atoms with van der Waals surface area (Å²) in [7, 11) is 0. The number of ether oxygens (including phenoxy) is 1. The normalized spacial score (nSPS) is 27.2. The molecule has 1 aromatic rings. The van der Waals surface area contributed by atoms with E-state index in [9.17, 15) is 4.79 Å². The average Bonchev–Trinajstić information content (AvgIpc) is 2.89. The van der Waals surface area contributed by atoms with E-state index in [1.54, 1.807) is 0 Å². The second-order valence-electron chi connectivity index (χ2n) is 4.58. The highest BCUT2D eigenvalue weighted by Gasteiger charge is 2.38. The van der Waals surface area contributed by atoms with E-state index in [1.165, 1.54) is 11.3 Å². The number of rotatable bonds is 4. The quantitative estimate of drug-likeness (QED) is 0.861. The van der Waals surface area contributed by atoms with E-state index >= 15 is 0 Å². The van der Waals surface area contributed by atoms with Crippen molar-refractivity contribution in [3.8, 4) is 0 Å². The highest BCUT2D eigenvalue weighted by molar-refractivity contribution is 7.17. The summed E-state index contributed by atoms with van der Waals surface area (Å²) in [5.74, 6) is -0.184. The molecule has 2 rings (SSSR count). The van der Waals surface area contributed by atoms with E-state index < -0.39 is 0 Å². The third-order valence-corrected chi connectivity index (χ3v) is 4.11. The van der Waals surface area contributed by atoms with Crippen LogP contribution in [0, 0.1) is 0 Å². The van der Waals surface area contributed by atoms with Crippen molar-refractivity contribution in [3.05, 3.63) is 5.01 Å². The molecule has 1 aliphatic rings. The van der Waals surface area contributed by atoms with Crippen molar-refractivity contribution in [1.82, 2.24) is 15.5 Å². The molecule has 2 atom stereocenters. The number of aromatic nitrogens is 2. The molecule has 0 bridgehead atoms. The van der Waals surface area contributed by atoms with Crippen LogP contribution in [0.25, 0.3) is 0 Å². The van der Waals surface area contributed by atoms with Gasteiger partial charge in [-0.05, 0) is 27.2 Å². The van der Waals surface area contributed by atoms with E-state index in [4.69, 9.17) is 4.74 Å². The Morgan fingerprint density at radius 2 is 2.39 bits per heavy atom. The molecule has 2 unspecified atom stereocenters. The van der Waals surface area contributed by atoms with Crippen LogP contribution >= 0.6 is 11.3 Å². The first-order valence-corrected chi connectivity index (χ1v) is 6.88. The second-order valence-corrected chi connectivity index (χ2v) is 5.55. The fourth-order valence-corrected chi connectivity index (χ4v) is 2.56. The monoisotopic (exact) mass is 270 g/mol. The lowest BCUT2D eigenvalue weighted by Crippen LogP contribution is -2.50. The molecule has 0 saturated carbocycles. The Bertz CT molecular complexity index is 436. The largest absolute Gasteiger partial charge is 0.376 e. The Morgan fingerprint density at radius 3 is 3.00 bits per heavy atom. The number of hydrogen-bond donors (Lipinski definition) is 2. The van der Waals surface area contributed by atoms with Crippen molar-refractivity contribution in [1.29, 1.82) is 0 Å². The molecule has 1 saturated heterocycles. The molecule has 2 heterocycles. The van der Waals surface area contributed by atoms with Crippen molar-refractivity contribution in [2.24, 2.45) is 0 Å². The second kappa shape index (κ2) is 5.19. The van der Waals surface area contributed by atoms with Crippen LogP contribution in [-0.4, -0.2) is 40.9 Å². The van der Waals surface area contributed by atoms with Crippen LogP contribution in [0.3, 0.4) is 0 Å². The maximum absolute atomic E-state index is 12.1. The van der Waals surface area contributed by atoms with Crippen LogP contribution in [0.15, 0.2) is 0 Å².